The summed E-state index contributed by atoms with van der Waals surface area (Å²) in [4.78, 5) is 36.8. The lowest BCUT2D eigenvalue weighted by Crippen LogP contribution is -2.69. The summed E-state index contributed by atoms with van der Waals surface area (Å²) in [5.41, 5.74) is -4.32. The highest BCUT2D eigenvalue weighted by atomic mass is 19.4. The fourth-order valence-electron chi connectivity index (χ4n) is 2.55. The van der Waals surface area contributed by atoms with Crippen molar-refractivity contribution in [1.29, 1.82) is 0 Å². The lowest BCUT2D eigenvalue weighted by molar-refractivity contribution is -0.274. The number of benzene rings is 1. The summed E-state index contributed by atoms with van der Waals surface area (Å²) in [6.07, 6.45) is -9.50. The van der Waals surface area contributed by atoms with Gasteiger partial charge in [0.15, 0.2) is 5.76 Å². The number of alkyl halides is 6. The molecule has 160 valence electrons. The van der Waals surface area contributed by atoms with Crippen molar-refractivity contribution in [1.82, 2.24) is 10.6 Å². The summed E-state index contributed by atoms with van der Waals surface area (Å²) in [5, 5.41) is 2.78. The number of nitrogens with one attached hydrogen (secondary N) is 2. The Hall–Kier alpha value is -3.71. The second-order valence-electron chi connectivity index (χ2n) is 5.79. The van der Waals surface area contributed by atoms with E-state index in [1.54, 1.807) is 0 Å². The van der Waals surface area contributed by atoms with E-state index in [0.717, 1.165) is 24.5 Å². The average molecular weight is 437 g/mol. The molecule has 1 atom stereocenters. The Kier molecular flexibility index (Phi) is 4.88. The Morgan fingerprint density at radius 1 is 1.07 bits per heavy atom. The Balaban J connectivity index is 1.92. The number of rotatable bonds is 4. The minimum absolute atomic E-state index is 0.0211. The molecule has 14 heteroatoms. The van der Waals surface area contributed by atoms with E-state index < -0.39 is 53.2 Å². The van der Waals surface area contributed by atoms with Crippen LogP contribution in [0.15, 0.2) is 47.1 Å². The van der Waals surface area contributed by atoms with Gasteiger partial charge in [-0.1, -0.05) is 0 Å². The predicted molar refractivity (Wildman–Crippen MR) is 84.1 cm³/mol. The number of ether oxygens (including phenoxy) is 1. The highest BCUT2D eigenvalue weighted by molar-refractivity contribution is 6.24. The fourth-order valence-corrected chi connectivity index (χ4v) is 2.55. The molecule has 1 aliphatic rings. The van der Waals surface area contributed by atoms with E-state index >= 15 is 0 Å². The average Bonchev–Trinajstić information content (AvgIpc) is 3.22. The van der Waals surface area contributed by atoms with Crippen LogP contribution in [-0.2, 0) is 4.79 Å². The first-order chi connectivity index (χ1) is 13.8. The SMILES string of the molecule is O=C(N[C@@]1(C(F)(F)F)NC(=O)N(c2ccc(OC(F)(F)F)cc2)C1=O)c1ccco1. The number of hydrogen-bond donors (Lipinski definition) is 2. The molecule has 30 heavy (non-hydrogen) atoms. The molecule has 1 saturated heterocycles. The van der Waals surface area contributed by atoms with E-state index in [1.165, 1.54) is 16.7 Å². The number of nitrogens with zero attached hydrogens (tertiary/aromatic N) is 1. The minimum Gasteiger partial charge on any atom is -0.459 e. The maximum atomic E-state index is 13.7. The van der Waals surface area contributed by atoms with Gasteiger partial charge in [-0.3, -0.25) is 14.9 Å². The van der Waals surface area contributed by atoms with Gasteiger partial charge in [-0.2, -0.15) is 13.2 Å². The molecule has 2 N–H and O–H groups in total. The number of hydrogen-bond acceptors (Lipinski definition) is 5. The summed E-state index contributed by atoms with van der Waals surface area (Å²) in [5.74, 6) is -4.66. The molecule has 1 aromatic carbocycles. The maximum absolute atomic E-state index is 13.7. The zero-order valence-electron chi connectivity index (χ0n) is 14.3. The van der Waals surface area contributed by atoms with Crippen LogP contribution in [0.3, 0.4) is 0 Å². The molecular weight excluding hydrogens is 428 g/mol. The van der Waals surface area contributed by atoms with Crippen molar-refractivity contribution in [3.63, 3.8) is 0 Å². The van der Waals surface area contributed by atoms with Crippen molar-refractivity contribution in [2.75, 3.05) is 4.90 Å². The highest BCUT2D eigenvalue weighted by Crippen LogP contribution is 2.36. The van der Waals surface area contributed by atoms with Gasteiger partial charge in [0.25, 0.3) is 17.5 Å². The molecule has 1 aliphatic heterocycles. The van der Waals surface area contributed by atoms with Crippen molar-refractivity contribution >= 4 is 23.5 Å². The quantitative estimate of drug-likeness (QED) is 0.566. The smallest absolute Gasteiger partial charge is 0.459 e. The number of amides is 4. The van der Waals surface area contributed by atoms with Crippen LogP contribution in [0.2, 0.25) is 0 Å². The first kappa shape index (κ1) is 21.0. The van der Waals surface area contributed by atoms with Crippen molar-refractivity contribution in [2.45, 2.75) is 18.2 Å². The molecule has 0 spiro atoms. The van der Waals surface area contributed by atoms with Crippen LogP contribution in [-0.4, -0.2) is 36.0 Å². The second-order valence-corrected chi connectivity index (χ2v) is 5.79. The minimum atomic E-state index is -5.48. The van der Waals surface area contributed by atoms with Gasteiger partial charge in [-0.05, 0) is 36.4 Å². The number of furan rings is 1. The van der Waals surface area contributed by atoms with Gasteiger partial charge in [0, 0.05) is 0 Å². The summed E-state index contributed by atoms with van der Waals surface area (Å²) >= 11 is 0. The van der Waals surface area contributed by atoms with Gasteiger partial charge < -0.3 is 14.5 Å². The molecule has 0 radical (unpaired) electrons. The van der Waals surface area contributed by atoms with Gasteiger partial charge in [-0.25, -0.2) is 9.69 Å². The molecule has 8 nitrogen and oxygen atoms in total. The molecule has 0 unspecified atom stereocenters. The first-order valence-electron chi connectivity index (χ1n) is 7.79. The lowest BCUT2D eigenvalue weighted by atomic mass is 10.1. The van der Waals surface area contributed by atoms with Crippen LogP contribution in [0.1, 0.15) is 10.6 Å². The number of anilines is 1. The van der Waals surface area contributed by atoms with Crippen LogP contribution in [0.5, 0.6) is 5.75 Å². The molecule has 3 rings (SSSR count). The third kappa shape index (κ3) is 3.75. The van der Waals surface area contributed by atoms with E-state index in [9.17, 15) is 40.7 Å². The van der Waals surface area contributed by atoms with Crippen molar-refractivity contribution < 1.29 is 49.9 Å². The van der Waals surface area contributed by atoms with Crippen LogP contribution < -0.4 is 20.3 Å². The summed E-state index contributed by atoms with van der Waals surface area (Å²) in [7, 11) is 0. The van der Waals surface area contributed by atoms with Crippen LogP contribution in [0, 0.1) is 0 Å². The van der Waals surface area contributed by atoms with E-state index in [2.05, 4.69) is 9.15 Å². The number of imide groups is 1. The molecule has 1 fully saturated rings. The van der Waals surface area contributed by atoms with Gasteiger partial charge in [0.2, 0.25) is 0 Å². The van der Waals surface area contributed by atoms with E-state index in [1.807, 2.05) is 0 Å². The predicted octanol–water partition coefficient (Wildman–Crippen LogP) is 2.92. The Bertz CT molecular complexity index is 971. The summed E-state index contributed by atoms with van der Waals surface area (Å²) < 4.78 is 86.1. The van der Waals surface area contributed by atoms with Crippen molar-refractivity contribution in [3.05, 3.63) is 48.4 Å². The summed E-state index contributed by atoms with van der Waals surface area (Å²) in [6.45, 7) is 0. The van der Waals surface area contributed by atoms with Crippen LogP contribution in [0.4, 0.5) is 36.8 Å². The molecule has 2 aromatic rings. The fraction of sp³-hybridized carbons (Fsp3) is 0.188. The third-order valence-corrected chi connectivity index (χ3v) is 3.82. The topological polar surface area (TPSA) is 101 Å². The van der Waals surface area contributed by atoms with Gasteiger partial charge in [-0.15, -0.1) is 13.2 Å². The Morgan fingerprint density at radius 3 is 2.20 bits per heavy atom. The first-order valence-corrected chi connectivity index (χ1v) is 7.79. The monoisotopic (exact) mass is 437 g/mol. The number of halogens is 6. The molecular formula is C16H9F6N3O5. The molecule has 0 aliphatic carbocycles. The van der Waals surface area contributed by atoms with E-state index in [-0.39, 0.29) is 4.90 Å². The molecule has 1 aromatic heterocycles. The zero-order valence-corrected chi connectivity index (χ0v) is 14.3. The van der Waals surface area contributed by atoms with Crippen molar-refractivity contribution in [3.8, 4) is 5.75 Å². The second kappa shape index (κ2) is 6.96. The van der Waals surface area contributed by atoms with Gasteiger partial charge in [0.1, 0.15) is 5.75 Å². The summed E-state index contributed by atoms with van der Waals surface area (Å²) in [6, 6.07) is 3.58. The molecule has 4 amide bonds. The standard InChI is InChI=1S/C16H9F6N3O5/c17-15(18,19)14(23-11(26)10-2-1-7-29-10)12(27)25(13(28)24-14)8-3-5-9(6-4-8)30-16(20,21)22/h1-7H,(H,23,26)(H,24,28)/t14-/m1/s1. The number of carbonyl (C=O) groups excluding carboxylic acids is 3. The van der Waals surface area contributed by atoms with E-state index in [0.29, 0.717) is 12.1 Å². The van der Waals surface area contributed by atoms with Gasteiger partial charge >= 0.3 is 18.6 Å². The Labute approximate surface area is 162 Å². The number of carbonyl (C=O) groups is 3. The van der Waals surface area contributed by atoms with Crippen LogP contribution in [0.25, 0.3) is 0 Å². The van der Waals surface area contributed by atoms with E-state index in [4.69, 9.17) is 0 Å². The van der Waals surface area contributed by atoms with Crippen molar-refractivity contribution in [2.24, 2.45) is 0 Å². The van der Waals surface area contributed by atoms with Crippen LogP contribution >= 0.6 is 0 Å². The Morgan fingerprint density at radius 2 is 1.70 bits per heavy atom. The zero-order chi connectivity index (χ0) is 22.3. The normalized spacial score (nSPS) is 19.6. The largest absolute Gasteiger partial charge is 0.573 e. The lowest BCUT2D eigenvalue weighted by Gasteiger charge is -2.29. The molecule has 0 saturated carbocycles. The molecule has 2 heterocycles. The molecule has 0 bridgehead atoms. The number of urea groups is 1. The third-order valence-electron chi connectivity index (χ3n) is 3.82. The maximum Gasteiger partial charge on any atom is 0.573 e. The van der Waals surface area contributed by atoms with Gasteiger partial charge in [0.05, 0.1) is 12.0 Å². The highest BCUT2D eigenvalue weighted by Gasteiger charge is 2.69.